The molecular formula is C16H18N2. The predicted octanol–water partition coefficient (Wildman–Crippen LogP) is 4.14. The number of benzene rings is 1. The zero-order chi connectivity index (χ0) is 12.5. The van der Waals surface area contributed by atoms with E-state index in [1.807, 2.05) is 0 Å². The highest BCUT2D eigenvalue weighted by atomic mass is 15.1. The molecular weight excluding hydrogens is 220 g/mol. The third-order valence-electron chi connectivity index (χ3n) is 3.53. The van der Waals surface area contributed by atoms with Gasteiger partial charge in [0.2, 0.25) is 0 Å². The highest BCUT2D eigenvalue weighted by molar-refractivity contribution is 5.59. The summed E-state index contributed by atoms with van der Waals surface area (Å²) in [7, 11) is 0. The predicted molar refractivity (Wildman–Crippen MR) is 73.5 cm³/mol. The number of hydrogen-bond acceptors (Lipinski definition) is 2. The van der Waals surface area contributed by atoms with E-state index in [0.29, 0.717) is 11.8 Å². The molecule has 1 heterocycles. The molecule has 0 bridgehead atoms. The minimum Gasteiger partial charge on any atom is -0.155 e. The second kappa shape index (κ2) is 4.52. The molecule has 1 fully saturated rings. The molecule has 0 spiro atoms. The zero-order valence-corrected chi connectivity index (χ0v) is 10.9. The Morgan fingerprint density at radius 1 is 1.06 bits per heavy atom. The van der Waals surface area contributed by atoms with Gasteiger partial charge in [0, 0.05) is 11.5 Å². The smallest absolute Gasteiger partial charge is 0.0929 e. The number of nitrogens with zero attached hydrogens (tertiary/aromatic N) is 2. The Hall–Kier alpha value is -1.70. The Morgan fingerprint density at radius 2 is 1.89 bits per heavy atom. The van der Waals surface area contributed by atoms with E-state index in [1.54, 1.807) is 0 Å². The molecule has 1 aliphatic carbocycles. The first-order valence-corrected chi connectivity index (χ1v) is 6.68. The third kappa shape index (κ3) is 2.28. The van der Waals surface area contributed by atoms with E-state index in [0.717, 1.165) is 17.0 Å². The average molecular weight is 238 g/mol. The molecule has 2 heteroatoms. The molecule has 1 aromatic heterocycles. The molecule has 0 radical (unpaired) electrons. The van der Waals surface area contributed by atoms with Gasteiger partial charge in [-0.1, -0.05) is 32.0 Å². The Kier molecular flexibility index (Phi) is 2.86. The first-order chi connectivity index (χ1) is 8.74. The molecule has 1 aliphatic rings. The Labute approximate surface area is 108 Å². The molecule has 1 aromatic carbocycles. The SMILES string of the molecule is CC(C)c1cccc(-c2ccc(C3CC3)nn2)c1. The molecule has 1 saturated carbocycles. The number of hydrogen-bond donors (Lipinski definition) is 0. The van der Waals surface area contributed by atoms with Crippen LogP contribution in [0.25, 0.3) is 11.3 Å². The van der Waals surface area contributed by atoms with E-state index in [4.69, 9.17) is 0 Å². The van der Waals surface area contributed by atoms with Crippen LogP contribution in [0.5, 0.6) is 0 Å². The van der Waals surface area contributed by atoms with E-state index in [9.17, 15) is 0 Å². The van der Waals surface area contributed by atoms with Gasteiger partial charge in [-0.15, -0.1) is 0 Å². The molecule has 3 rings (SSSR count). The minimum absolute atomic E-state index is 0.545. The Morgan fingerprint density at radius 3 is 2.50 bits per heavy atom. The summed E-state index contributed by atoms with van der Waals surface area (Å²) < 4.78 is 0. The van der Waals surface area contributed by atoms with E-state index >= 15 is 0 Å². The van der Waals surface area contributed by atoms with Crippen molar-refractivity contribution in [1.29, 1.82) is 0 Å². The summed E-state index contributed by atoms with van der Waals surface area (Å²) in [5.74, 6) is 1.22. The Balaban J connectivity index is 1.91. The van der Waals surface area contributed by atoms with Gasteiger partial charge in [-0.25, -0.2) is 0 Å². The lowest BCUT2D eigenvalue weighted by Gasteiger charge is -2.07. The summed E-state index contributed by atoms with van der Waals surface area (Å²) in [6.45, 7) is 4.42. The molecule has 0 N–H and O–H groups in total. The molecule has 0 saturated heterocycles. The van der Waals surface area contributed by atoms with Gasteiger partial charge in [-0.05, 0) is 42.5 Å². The fourth-order valence-electron chi connectivity index (χ4n) is 2.15. The standard InChI is InChI=1S/C16H18N2/c1-11(2)13-4-3-5-14(10-13)16-9-8-15(17-18-16)12-6-7-12/h3-5,8-12H,6-7H2,1-2H3. The van der Waals surface area contributed by atoms with Crippen molar-refractivity contribution in [2.24, 2.45) is 0 Å². The van der Waals surface area contributed by atoms with Gasteiger partial charge in [0.05, 0.1) is 11.4 Å². The van der Waals surface area contributed by atoms with Crippen LogP contribution in [0, 0.1) is 0 Å². The van der Waals surface area contributed by atoms with Crippen LogP contribution in [-0.4, -0.2) is 10.2 Å². The lowest BCUT2D eigenvalue weighted by Crippen LogP contribution is -1.94. The van der Waals surface area contributed by atoms with Gasteiger partial charge in [-0.3, -0.25) is 0 Å². The molecule has 0 amide bonds. The summed E-state index contributed by atoms with van der Waals surface area (Å²) in [6.07, 6.45) is 2.55. The van der Waals surface area contributed by atoms with Crippen molar-refractivity contribution in [1.82, 2.24) is 10.2 Å². The third-order valence-corrected chi connectivity index (χ3v) is 3.53. The first kappa shape index (κ1) is 11.4. The van der Waals surface area contributed by atoms with Crippen LogP contribution in [0.2, 0.25) is 0 Å². The van der Waals surface area contributed by atoms with Gasteiger partial charge < -0.3 is 0 Å². The van der Waals surface area contributed by atoms with Crippen molar-refractivity contribution in [2.45, 2.75) is 38.5 Å². The topological polar surface area (TPSA) is 25.8 Å². The van der Waals surface area contributed by atoms with Crippen molar-refractivity contribution >= 4 is 0 Å². The monoisotopic (exact) mass is 238 g/mol. The summed E-state index contributed by atoms with van der Waals surface area (Å²) in [6, 6.07) is 12.8. The fourth-order valence-corrected chi connectivity index (χ4v) is 2.15. The summed E-state index contributed by atoms with van der Waals surface area (Å²) in [5.41, 5.74) is 4.64. The van der Waals surface area contributed by atoms with Crippen molar-refractivity contribution in [3.05, 3.63) is 47.7 Å². The Bertz CT molecular complexity index is 539. The largest absolute Gasteiger partial charge is 0.155 e. The van der Waals surface area contributed by atoms with E-state index in [-0.39, 0.29) is 0 Å². The van der Waals surface area contributed by atoms with Crippen molar-refractivity contribution in [2.75, 3.05) is 0 Å². The van der Waals surface area contributed by atoms with Gasteiger partial charge in [0.1, 0.15) is 0 Å². The van der Waals surface area contributed by atoms with Crippen LogP contribution < -0.4 is 0 Å². The molecule has 0 unspecified atom stereocenters. The van der Waals surface area contributed by atoms with Crippen molar-refractivity contribution < 1.29 is 0 Å². The molecule has 0 atom stereocenters. The summed E-state index contributed by atoms with van der Waals surface area (Å²) in [4.78, 5) is 0. The molecule has 18 heavy (non-hydrogen) atoms. The highest BCUT2D eigenvalue weighted by Crippen LogP contribution is 2.38. The minimum atomic E-state index is 0.545. The van der Waals surface area contributed by atoms with Crippen LogP contribution in [0.4, 0.5) is 0 Å². The maximum atomic E-state index is 4.36. The number of aromatic nitrogens is 2. The van der Waals surface area contributed by atoms with E-state index in [2.05, 4.69) is 60.4 Å². The molecule has 2 aromatic rings. The maximum absolute atomic E-state index is 4.36. The van der Waals surface area contributed by atoms with Crippen LogP contribution in [0.1, 0.15) is 49.8 Å². The van der Waals surface area contributed by atoms with Gasteiger partial charge in [0.25, 0.3) is 0 Å². The average Bonchev–Trinajstić information content (AvgIpc) is 3.23. The first-order valence-electron chi connectivity index (χ1n) is 6.68. The van der Waals surface area contributed by atoms with Crippen molar-refractivity contribution in [3.63, 3.8) is 0 Å². The molecule has 92 valence electrons. The fraction of sp³-hybridized carbons (Fsp3) is 0.375. The van der Waals surface area contributed by atoms with E-state index in [1.165, 1.54) is 18.4 Å². The second-order valence-electron chi connectivity index (χ2n) is 5.40. The van der Waals surface area contributed by atoms with Gasteiger partial charge >= 0.3 is 0 Å². The summed E-state index contributed by atoms with van der Waals surface area (Å²) in [5, 5.41) is 8.70. The lowest BCUT2D eigenvalue weighted by molar-refractivity contribution is 0.866. The quantitative estimate of drug-likeness (QED) is 0.803. The van der Waals surface area contributed by atoms with Crippen LogP contribution in [0.15, 0.2) is 36.4 Å². The summed E-state index contributed by atoms with van der Waals surface area (Å²) >= 11 is 0. The second-order valence-corrected chi connectivity index (χ2v) is 5.40. The van der Waals surface area contributed by atoms with E-state index < -0.39 is 0 Å². The van der Waals surface area contributed by atoms with Gasteiger partial charge in [0.15, 0.2) is 0 Å². The zero-order valence-electron chi connectivity index (χ0n) is 10.9. The van der Waals surface area contributed by atoms with Crippen molar-refractivity contribution in [3.8, 4) is 11.3 Å². The highest BCUT2D eigenvalue weighted by Gasteiger charge is 2.25. The maximum Gasteiger partial charge on any atom is 0.0929 e. The van der Waals surface area contributed by atoms with Gasteiger partial charge in [-0.2, -0.15) is 10.2 Å². The van der Waals surface area contributed by atoms with Crippen LogP contribution >= 0.6 is 0 Å². The lowest BCUT2D eigenvalue weighted by atomic mass is 9.99. The van der Waals surface area contributed by atoms with Crippen LogP contribution in [-0.2, 0) is 0 Å². The normalized spacial score (nSPS) is 15.1. The molecule has 2 nitrogen and oxygen atoms in total. The number of rotatable bonds is 3. The van der Waals surface area contributed by atoms with Crippen LogP contribution in [0.3, 0.4) is 0 Å². The molecule has 0 aliphatic heterocycles.